The van der Waals surface area contributed by atoms with Gasteiger partial charge in [-0.3, -0.25) is 0 Å². The summed E-state index contributed by atoms with van der Waals surface area (Å²) in [6.45, 7) is 9.42. The van der Waals surface area contributed by atoms with Crippen LogP contribution in [-0.2, 0) is 10.8 Å². The van der Waals surface area contributed by atoms with Crippen LogP contribution in [0.1, 0.15) is 178 Å². The van der Waals surface area contributed by atoms with Gasteiger partial charge in [-0.1, -0.05) is 203 Å². The number of hydrogen-bond donors (Lipinski definition) is 0. The van der Waals surface area contributed by atoms with Gasteiger partial charge in [-0.15, -0.1) is 0 Å². The molecule has 52 heavy (non-hydrogen) atoms. The normalized spacial score (nSPS) is 14.8. The molecule has 2 aliphatic rings. The molecular formula is C52H66. The van der Waals surface area contributed by atoms with Gasteiger partial charge in [0, 0.05) is 10.8 Å². The molecule has 0 heteroatoms. The average molecular weight is 691 g/mol. The summed E-state index contributed by atoms with van der Waals surface area (Å²) in [5.41, 5.74) is 13.0. The molecule has 0 amide bonds. The minimum absolute atomic E-state index is 0.0729. The van der Waals surface area contributed by atoms with Gasteiger partial charge < -0.3 is 0 Å². The summed E-state index contributed by atoms with van der Waals surface area (Å²) in [5.74, 6) is 0. The predicted molar refractivity (Wildman–Crippen MR) is 229 cm³/mol. The van der Waals surface area contributed by atoms with Crippen LogP contribution < -0.4 is 0 Å². The van der Waals surface area contributed by atoms with Crippen LogP contribution in [-0.4, -0.2) is 0 Å². The van der Waals surface area contributed by atoms with Crippen LogP contribution in [0.25, 0.3) is 43.8 Å². The Morgan fingerprint density at radius 1 is 0.346 bits per heavy atom. The Morgan fingerprint density at radius 2 is 0.692 bits per heavy atom. The molecule has 0 nitrogen and oxygen atoms in total. The topological polar surface area (TPSA) is 0 Å². The highest BCUT2D eigenvalue weighted by atomic mass is 14.5. The van der Waals surface area contributed by atoms with Crippen molar-refractivity contribution in [2.45, 2.75) is 167 Å². The summed E-state index contributed by atoms with van der Waals surface area (Å²) in [6.07, 6.45) is 26.1. The molecule has 274 valence electrons. The molecule has 0 spiro atoms. The first-order valence-electron chi connectivity index (χ1n) is 21.9. The molecular weight excluding hydrogens is 625 g/mol. The second kappa shape index (κ2) is 16.7. The second-order valence-corrected chi connectivity index (χ2v) is 16.8. The monoisotopic (exact) mass is 691 g/mol. The van der Waals surface area contributed by atoms with E-state index < -0.39 is 0 Å². The zero-order chi connectivity index (χ0) is 36.0. The molecule has 0 aliphatic heterocycles. The summed E-state index contributed by atoms with van der Waals surface area (Å²) in [4.78, 5) is 0. The predicted octanol–water partition coefficient (Wildman–Crippen LogP) is 16.4. The Labute approximate surface area is 316 Å². The lowest BCUT2D eigenvalue weighted by Crippen LogP contribution is -2.27. The first-order valence-corrected chi connectivity index (χ1v) is 21.9. The maximum absolute atomic E-state index is 2.81. The molecule has 7 rings (SSSR count). The van der Waals surface area contributed by atoms with Crippen molar-refractivity contribution in [2.75, 3.05) is 0 Å². The third-order valence-electron chi connectivity index (χ3n) is 13.4. The van der Waals surface area contributed by atoms with E-state index in [4.69, 9.17) is 0 Å². The van der Waals surface area contributed by atoms with E-state index in [9.17, 15) is 0 Å². The number of rotatable bonds is 20. The summed E-state index contributed by atoms with van der Waals surface area (Å²) < 4.78 is 0. The van der Waals surface area contributed by atoms with Gasteiger partial charge in [0.2, 0.25) is 0 Å². The van der Waals surface area contributed by atoms with Gasteiger partial charge in [0.05, 0.1) is 0 Å². The molecule has 5 aromatic carbocycles. The fourth-order valence-electron chi connectivity index (χ4n) is 10.8. The molecule has 0 N–H and O–H groups in total. The van der Waals surface area contributed by atoms with Crippen LogP contribution in [0, 0.1) is 0 Å². The Morgan fingerprint density at radius 3 is 1.04 bits per heavy atom. The van der Waals surface area contributed by atoms with Gasteiger partial charge in [0.15, 0.2) is 0 Å². The molecule has 0 radical (unpaired) electrons. The fraction of sp³-hybridized carbons (Fsp3) is 0.500. The maximum Gasteiger partial charge on any atom is 0.0215 e. The van der Waals surface area contributed by atoms with Crippen molar-refractivity contribution in [3.63, 3.8) is 0 Å². The van der Waals surface area contributed by atoms with Gasteiger partial charge in [0.1, 0.15) is 0 Å². The van der Waals surface area contributed by atoms with Gasteiger partial charge in [0.25, 0.3) is 0 Å². The molecule has 0 heterocycles. The van der Waals surface area contributed by atoms with Crippen molar-refractivity contribution in [1.82, 2.24) is 0 Å². The van der Waals surface area contributed by atoms with Crippen LogP contribution in [0.3, 0.4) is 0 Å². The standard InChI is InChI=1S/C52H66/c1-5-9-13-21-33-51(34-22-14-10-6-2)45-31-29-39-25-17-19-27-41(39)49(45)43-38-48-44(37-47(43)51)50-42-28-20-18-26-40(42)30-32-46(50)52(48,35-23-15-11-7-3)36-24-16-12-8-4/h17-20,25-32,37-38H,5-16,21-24,33-36H2,1-4H3. The second-order valence-electron chi connectivity index (χ2n) is 16.8. The number of unbranched alkanes of at least 4 members (excludes halogenated alkanes) is 12. The number of hydrogen-bond acceptors (Lipinski definition) is 0. The lowest BCUT2D eigenvalue weighted by molar-refractivity contribution is 0.397. The van der Waals surface area contributed by atoms with Gasteiger partial charge in [-0.05, 0) is 104 Å². The Bertz CT molecular complexity index is 1790. The van der Waals surface area contributed by atoms with Crippen LogP contribution in [0.2, 0.25) is 0 Å². The summed E-state index contributed by atoms with van der Waals surface area (Å²) in [6, 6.07) is 34.3. The minimum atomic E-state index is 0.0729. The molecule has 0 atom stereocenters. The van der Waals surface area contributed by atoms with Crippen molar-refractivity contribution in [3.8, 4) is 22.3 Å². The van der Waals surface area contributed by atoms with Gasteiger partial charge >= 0.3 is 0 Å². The van der Waals surface area contributed by atoms with Crippen LogP contribution in [0.4, 0.5) is 0 Å². The molecule has 0 unspecified atom stereocenters. The quantitative estimate of drug-likeness (QED) is 0.0713. The van der Waals surface area contributed by atoms with E-state index in [-0.39, 0.29) is 10.8 Å². The molecule has 0 fully saturated rings. The van der Waals surface area contributed by atoms with Crippen molar-refractivity contribution < 1.29 is 0 Å². The highest BCUT2D eigenvalue weighted by molar-refractivity contribution is 6.07. The first kappa shape index (κ1) is 37.0. The molecule has 0 saturated heterocycles. The van der Waals surface area contributed by atoms with Crippen molar-refractivity contribution in [2.24, 2.45) is 0 Å². The van der Waals surface area contributed by atoms with E-state index in [1.54, 1.807) is 44.5 Å². The van der Waals surface area contributed by atoms with E-state index in [0.717, 1.165) is 0 Å². The molecule has 0 aromatic heterocycles. The van der Waals surface area contributed by atoms with Crippen molar-refractivity contribution >= 4 is 21.5 Å². The number of fused-ring (bicyclic) bond motifs is 10. The van der Waals surface area contributed by atoms with Gasteiger partial charge in [-0.2, -0.15) is 0 Å². The van der Waals surface area contributed by atoms with E-state index in [2.05, 4.69) is 113 Å². The highest BCUT2D eigenvalue weighted by Gasteiger charge is 2.48. The minimum Gasteiger partial charge on any atom is -0.0654 e. The smallest absolute Gasteiger partial charge is 0.0215 e. The molecule has 2 aliphatic carbocycles. The third-order valence-corrected chi connectivity index (χ3v) is 13.4. The van der Waals surface area contributed by atoms with E-state index in [1.807, 2.05) is 0 Å². The van der Waals surface area contributed by atoms with E-state index in [1.165, 1.54) is 150 Å². The average Bonchev–Trinajstić information content (AvgIpc) is 3.61. The molecule has 5 aromatic rings. The Hall–Kier alpha value is -3.38. The molecule has 0 bridgehead atoms. The van der Waals surface area contributed by atoms with Crippen LogP contribution in [0.15, 0.2) is 84.9 Å². The third kappa shape index (κ3) is 6.67. The zero-order valence-corrected chi connectivity index (χ0v) is 33.2. The summed E-state index contributed by atoms with van der Waals surface area (Å²) in [5, 5.41) is 5.70. The summed E-state index contributed by atoms with van der Waals surface area (Å²) in [7, 11) is 0. The lowest BCUT2D eigenvalue weighted by Gasteiger charge is -2.35. The first-order chi connectivity index (χ1) is 25.6. The van der Waals surface area contributed by atoms with E-state index in [0.29, 0.717) is 0 Å². The Kier molecular flexibility index (Phi) is 11.9. The van der Waals surface area contributed by atoms with Crippen LogP contribution >= 0.6 is 0 Å². The van der Waals surface area contributed by atoms with Gasteiger partial charge in [-0.25, -0.2) is 0 Å². The van der Waals surface area contributed by atoms with Crippen molar-refractivity contribution in [1.29, 1.82) is 0 Å². The van der Waals surface area contributed by atoms with Crippen molar-refractivity contribution in [3.05, 3.63) is 107 Å². The van der Waals surface area contributed by atoms with E-state index >= 15 is 0 Å². The largest absolute Gasteiger partial charge is 0.0654 e. The zero-order valence-electron chi connectivity index (χ0n) is 33.2. The summed E-state index contributed by atoms with van der Waals surface area (Å²) >= 11 is 0. The number of benzene rings is 5. The fourth-order valence-corrected chi connectivity index (χ4v) is 10.8. The lowest BCUT2D eigenvalue weighted by atomic mass is 9.68. The highest BCUT2D eigenvalue weighted by Crippen LogP contribution is 2.62. The van der Waals surface area contributed by atoms with Crippen LogP contribution in [0.5, 0.6) is 0 Å². The molecule has 0 saturated carbocycles. The maximum atomic E-state index is 2.81. The SMILES string of the molecule is CCCCCCC1(CCCCCC)c2cc3c(cc2-c2c1ccc1ccccc21)C(CCCCCC)(CCCCCC)c1ccc2ccccc2c1-3. The Balaban J connectivity index is 1.50.